The standard InChI is InChI=1S/C15H24N4S/c1-4-5-7-12-18-13-14(11(2)10-17-15(13)16)19(12)8-6-9-20-3/h10H,4-9H2,1-3H3,(H2,16,17). The zero-order valence-corrected chi connectivity index (χ0v) is 13.5. The van der Waals surface area contributed by atoms with E-state index in [1.165, 1.54) is 17.7 Å². The Morgan fingerprint density at radius 2 is 2.15 bits per heavy atom. The molecule has 2 N–H and O–H groups in total. The van der Waals surface area contributed by atoms with Gasteiger partial charge in [0, 0.05) is 19.2 Å². The van der Waals surface area contributed by atoms with Crippen LogP contribution in [-0.4, -0.2) is 26.5 Å². The largest absolute Gasteiger partial charge is 0.382 e. The van der Waals surface area contributed by atoms with E-state index < -0.39 is 0 Å². The number of imidazole rings is 1. The van der Waals surface area contributed by atoms with Crippen molar-refractivity contribution >= 4 is 28.6 Å². The predicted octanol–water partition coefficient (Wildman–Crippen LogP) is 3.42. The van der Waals surface area contributed by atoms with Gasteiger partial charge < -0.3 is 10.3 Å². The van der Waals surface area contributed by atoms with Gasteiger partial charge in [-0.2, -0.15) is 11.8 Å². The molecule has 20 heavy (non-hydrogen) atoms. The van der Waals surface area contributed by atoms with Crippen molar-refractivity contribution in [1.29, 1.82) is 0 Å². The molecule has 0 fully saturated rings. The van der Waals surface area contributed by atoms with E-state index >= 15 is 0 Å². The Bertz CT molecular complexity index is 577. The van der Waals surface area contributed by atoms with Crippen LogP contribution in [0.15, 0.2) is 6.20 Å². The van der Waals surface area contributed by atoms with E-state index in [1.807, 2.05) is 18.0 Å². The molecule has 4 nitrogen and oxygen atoms in total. The molecule has 110 valence electrons. The summed E-state index contributed by atoms with van der Waals surface area (Å²) in [5.74, 6) is 2.88. The number of hydrogen-bond acceptors (Lipinski definition) is 4. The molecule has 0 spiro atoms. The van der Waals surface area contributed by atoms with Crippen molar-refractivity contribution in [1.82, 2.24) is 14.5 Å². The van der Waals surface area contributed by atoms with E-state index in [9.17, 15) is 0 Å². The number of nitrogen functional groups attached to an aromatic ring is 1. The Labute approximate surface area is 125 Å². The van der Waals surface area contributed by atoms with Gasteiger partial charge >= 0.3 is 0 Å². The quantitative estimate of drug-likeness (QED) is 0.794. The fourth-order valence-corrected chi connectivity index (χ4v) is 2.92. The van der Waals surface area contributed by atoms with Crippen molar-refractivity contribution in [2.75, 3.05) is 17.7 Å². The number of nitrogens with two attached hydrogens (primary N) is 1. The number of aryl methyl sites for hydroxylation is 3. The number of nitrogens with zero attached hydrogens (tertiary/aromatic N) is 3. The molecule has 0 amide bonds. The summed E-state index contributed by atoms with van der Waals surface area (Å²) >= 11 is 1.89. The fraction of sp³-hybridized carbons (Fsp3) is 0.600. The lowest BCUT2D eigenvalue weighted by Gasteiger charge is -2.10. The van der Waals surface area contributed by atoms with Gasteiger partial charge in [-0.25, -0.2) is 9.97 Å². The van der Waals surface area contributed by atoms with E-state index in [4.69, 9.17) is 10.7 Å². The van der Waals surface area contributed by atoms with Crippen LogP contribution in [0, 0.1) is 6.92 Å². The summed E-state index contributed by atoms with van der Waals surface area (Å²) in [6.07, 6.45) is 8.53. The van der Waals surface area contributed by atoms with Crippen LogP contribution in [0.3, 0.4) is 0 Å². The zero-order chi connectivity index (χ0) is 14.5. The molecular formula is C15H24N4S. The molecule has 2 aromatic rings. The second-order valence-electron chi connectivity index (χ2n) is 5.15. The Morgan fingerprint density at radius 3 is 2.85 bits per heavy atom. The minimum absolute atomic E-state index is 0.548. The number of fused-ring (bicyclic) bond motifs is 1. The molecule has 0 bridgehead atoms. The van der Waals surface area contributed by atoms with Crippen LogP contribution in [0.4, 0.5) is 5.82 Å². The van der Waals surface area contributed by atoms with E-state index in [0.717, 1.165) is 42.7 Å². The van der Waals surface area contributed by atoms with E-state index in [2.05, 4.69) is 29.7 Å². The first-order valence-corrected chi connectivity index (χ1v) is 8.67. The first-order chi connectivity index (χ1) is 9.69. The molecule has 0 aliphatic carbocycles. The smallest absolute Gasteiger partial charge is 0.151 e. The topological polar surface area (TPSA) is 56.7 Å². The summed E-state index contributed by atoms with van der Waals surface area (Å²) in [5.41, 5.74) is 9.21. The molecule has 0 saturated heterocycles. The number of rotatable bonds is 7. The number of unbranched alkanes of at least 4 members (excludes halogenated alkanes) is 1. The van der Waals surface area contributed by atoms with Crippen molar-refractivity contribution in [3.63, 3.8) is 0 Å². The lowest BCUT2D eigenvalue weighted by atomic mass is 10.2. The van der Waals surface area contributed by atoms with Gasteiger partial charge in [-0.1, -0.05) is 13.3 Å². The van der Waals surface area contributed by atoms with Gasteiger partial charge in [0.25, 0.3) is 0 Å². The first-order valence-electron chi connectivity index (χ1n) is 7.28. The minimum Gasteiger partial charge on any atom is -0.382 e. The number of thioether (sulfide) groups is 1. The van der Waals surface area contributed by atoms with E-state index in [0.29, 0.717) is 5.82 Å². The molecule has 0 unspecified atom stereocenters. The molecule has 0 aromatic carbocycles. The van der Waals surface area contributed by atoms with Crippen molar-refractivity contribution in [3.8, 4) is 0 Å². The highest BCUT2D eigenvalue weighted by atomic mass is 32.2. The van der Waals surface area contributed by atoms with Crippen LogP contribution < -0.4 is 5.73 Å². The summed E-state index contributed by atoms with van der Waals surface area (Å²) in [5, 5.41) is 0. The van der Waals surface area contributed by atoms with E-state index in [-0.39, 0.29) is 0 Å². The third-order valence-corrected chi connectivity index (χ3v) is 4.24. The van der Waals surface area contributed by atoms with Crippen LogP contribution in [0.25, 0.3) is 11.0 Å². The van der Waals surface area contributed by atoms with Crippen LogP contribution in [0.2, 0.25) is 0 Å². The predicted molar refractivity (Wildman–Crippen MR) is 88.3 cm³/mol. The minimum atomic E-state index is 0.548. The molecule has 0 aliphatic rings. The molecule has 0 saturated carbocycles. The third-order valence-electron chi connectivity index (χ3n) is 3.54. The summed E-state index contributed by atoms with van der Waals surface area (Å²) < 4.78 is 2.36. The summed E-state index contributed by atoms with van der Waals surface area (Å²) in [6.45, 7) is 5.31. The molecule has 0 aliphatic heterocycles. The maximum Gasteiger partial charge on any atom is 0.151 e. The SMILES string of the molecule is CCCCc1nc2c(N)ncc(C)c2n1CCCSC. The molecule has 0 radical (unpaired) electrons. The zero-order valence-electron chi connectivity index (χ0n) is 12.6. The van der Waals surface area contributed by atoms with Crippen molar-refractivity contribution < 1.29 is 0 Å². The van der Waals surface area contributed by atoms with Gasteiger partial charge in [0.2, 0.25) is 0 Å². The Kier molecular flexibility index (Phi) is 5.29. The van der Waals surface area contributed by atoms with E-state index in [1.54, 1.807) is 0 Å². The lowest BCUT2D eigenvalue weighted by Crippen LogP contribution is -2.06. The number of anilines is 1. The monoisotopic (exact) mass is 292 g/mol. The molecular weight excluding hydrogens is 268 g/mol. The second kappa shape index (κ2) is 6.97. The molecule has 2 rings (SSSR count). The van der Waals surface area contributed by atoms with Gasteiger partial charge in [-0.3, -0.25) is 0 Å². The van der Waals surface area contributed by atoms with Gasteiger partial charge in [0.1, 0.15) is 11.3 Å². The van der Waals surface area contributed by atoms with Gasteiger partial charge in [-0.15, -0.1) is 0 Å². The van der Waals surface area contributed by atoms with Crippen molar-refractivity contribution in [2.24, 2.45) is 0 Å². The van der Waals surface area contributed by atoms with Gasteiger partial charge in [0.15, 0.2) is 5.82 Å². The van der Waals surface area contributed by atoms with Gasteiger partial charge in [-0.05, 0) is 37.3 Å². The van der Waals surface area contributed by atoms with Crippen LogP contribution >= 0.6 is 11.8 Å². The number of aromatic nitrogens is 3. The average Bonchev–Trinajstić information content (AvgIpc) is 2.81. The maximum absolute atomic E-state index is 6.00. The van der Waals surface area contributed by atoms with Crippen LogP contribution in [0.5, 0.6) is 0 Å². The summed E-state index contributed by atoms with van der Waals surface area (Å²) in [4.78, 5) is 8.99. The molecule has 0 atom stereocenters. The highest BCUT2D eigenvalue weighted by molar-refractivity contribution is 7.98. The summed E-state index contributed by atoms with van der Waals surface area (Å²) in [6, 6.07) is 0. The fourth-order valence-electron chi connectivity index (χ4n) is 2.50. The number of pyridine rings is 1. The normalized spacial score (nSPS) is 11.3. The highest BCUT2D eigenvalue weighted by Gasteiger charge is 2.15. The Hall–Kier alpha value is -1.23. The van der Waals surface area contributed by atoms with Gasteiger partial charge in [0.05, 0.1) is 5.52 Å². The molecule has 2 heterocycles. The van der Waals surface area contributed by atoms with Crippen LogP contribution in [0.1, 0.15) is 37.6 Å². The average molecular weight is 292 g/mol. The Balaban J connectivity index is 2.44. The van der Waals surface area contributed by atoms with Crippen LogP contribution in [-0.2, 0) is 13.0 Å². The maximum atomic E-state index is 6.00. The Morgan fingerprint density at radius 1 is 1.35 bits per heavy atom. The lowest BCUT2D eigenvalue weighted by molar-refractivity contribution is 0.636. The summed E-state index contributed by atoms with van der Waals surface area (Å²) in [7, 11) is 0. The molecule has 5 heteroatoms. The highest BCUT2D eigenvalue weighted by Crippen LogP contribution is 2.25. The third kappa shape index (κ3) is 3.08. The number of hydrogen-bond donors (Lipinski definition) is 1. The second-order valence-corrected chi connectivity index (χ2v) is 6.14. The first kappa shape index (κ1) is 15.2. The van der Waals surface area contributed by atoms with Crippen molar-refractivity contribution in [3.05, 3.63) is 17.6 Å². The molecule has 2 aromatic heterocycles. The van der Waals surface area contributed by atoms with Crippen molar-refractivity contribution in [2.45, 2.75) is 46.1 Å².